The smallest absolute Gasteiger partial charge is 0.224 e. The fourth-order valence-corrected chi connectivity index (χ4v) is 4.64. The maximum Gasteiger partial charge on any atom is 0.224 e. The first-order chi connectivity index (χ1) is 12.1. The molecular formula is C21H29NO3. The monoisotopic (exact) mass is 343 g/mol. The van der Waals surface area contributed by atoms with Crippen molar-refractivity contribution < 1.29 is 14.3 Å². The number of rotatable bonds is 4. The van der Waals surface area contributed by atoms with Crippen molar-refractivity contribution in [1.29, 1.82) is 0 Å². The normalized spacial score (nSPS) is 28.7. The number of nitrogens with one attached hydrogen (secondary N) is 1. The van der Waals surface area contributed by atoms with Crippen LogP contribution in [-0.2, 0) is 4.79 Å². The molecule has 0 radical (unpaired) electrons. The molecule has 4 atom stereocenters. The molecule has 4 heteroatoms. The van der Waals surface area contributed by atoms with E-state index in [1.807, 2.05) is 12.1 Å². The topological polar surface area (TPSA) is 47.6 Å². The van der Waals surface area contributed by atoms with Crippen molar-refractivity contribution in [1.82, 2.24) is 5.32 Å². The van der Waals surface area contributed by atoms with Gasteiger partial charge in [-0.25, -0.2) is 0 Å². The Labute approximate surface area is 150 Å². The molecule has 136 valence electrons. The van der Waals surface area contributed by atoms with Gasteiger partial charge in [0, 0.05) is 12.3 Å². The van der Waals surface area contributed by atoms with Gasteiger partial charge in [0.1, 0.15) is 0 Å². The van der Waals surface area contributed by atoms with Crippen LogP contribution < -0.4 is 14.8 Å². The molecule has 1 heterocycles. The van der Waals surface area contributed by atoms with Crippen LogP contribution in [0.25, 0.3) is 0 Å². The molecule has 4 rings (SSSR count). The lowest BCUT2D eigenvalue weighted by Crippen LogP contribution is -2.33. The molecule has 2 aliphatic carbocycles. The molecule has 2 fully saturated rings. The first-order valence-electron chi connectivity index (χ1n) is 9.85. The van der Waals surface area contributed by atoms with E-state index in [4.69, 9.17) is 9.47 Å². The van der Waals surface area contributed by atoms with Gasteiger partial charge in [-0.2, -0.15) is 0 Å². The molecule has 1 unspecified atom stereocenters. The van der Waals surface area contributed by atoms with Crippen LogP contribution in [0.1, 0.15) is 57.6 Å². The van der Waals surface area contributed by atoms with Crippen LogP contribution in [0.3, 0.4) is 0 Å². The van der Waals surface area contributed by atoms with Gasteiger partial charge >= 0.3 is 0 Å². The lowest BCUT2D eigenvalue weighted by atomic mass is 9.95. The van der Waals surface area contributed by atoms with E-state index in [1.54, 1.807) is 0 Å². The maximum absolute atomic E-state index is 12.8. The van der Waals surface area contributed by atoms with E-state index >= 15 is 0 Å². The third-order valence-corrected chi connectivity index (χ3v) is 6.05. The second kappa shape index (κ2) is 6.89. The number of carbonyl (C=O) groups excluding carboxylic acids is 1. The van der Waals surface area contributed by atoms with Gasteiger partial charge in [-0.05, 0) is 48.3 Å². The second-order valence-electron chi connectivity index (χ2n) is 8.12. The molecule has 0 spiro atoms. The van der Waals surface area contributed by atoms with Crippen molar-refractivity contribution in [3.8, 4) is 11.5 Å². The van der Waals surface area contributed by atoms with Crippen LogP contribution >= 0.6 is 0 Å². The molecular weight excluding hydrogens is 314 g/mol. The first kappa shape index (κ1) is 16.7. The summed E-state index contributed by atoms with van der Waals surface area (Å²) >= 11 is 0. The zero-order chi connectivity index (χ0) is 17.4. The standard InChI is InChI=1S/C21H29NO3/c1-13(2)20(22-21(23)19-15-6-3-4-7-16(15)19)14-8-9-17-18(12-14)25-11-5-10-24-17/h8-9,12-13,15-16,19-20H,3-7,10-11H2,1-2H3,(H,22,23)/t15-,16+,19?,20-/m0/s1. The number of fused-ring (bicyclic) bond motifs is 2. The molecule has 1 aromatic carbocycles. The van der Waals surface area contributed by atoms with Crippen molar-refractivity contribution in [2.45, 2.75) is 52.0 Å². The molecule has 3 aliphatic rings. The van der Waals surface area contributed by atoms with E-state index < -0.39 is 0 Å². The van der Waals surface area contributed by atoms with Gasteiger partial charge in [0.15, 0.2) is 11.5 Å². The Morgan fingerprint density at radius 3 is 2.40 bits per heavy atom. The van der Waals surface area contributed by atoms with E-state index in [1.165, 1.54) is 25.7 Å². The summed E-state index contributed by atoms with van der Waals surface area (Å²) in [6.45, 7) is 5.70. The molecule has 1 aliphatic heterocycles. The highest BCUT2D eigenvalue weighted by Gasteiger charge is 2.54. The van der Waals surface area contributed by atoms with Crippen LogP contribution in [-0.4, -0.2) is 19.1 Å². The molecule has 1 N–H and O–H groups in total. The maximum atomic E-state index is 12.8. The predicted octanol–water partition coefficient (Wildman–Crippen LogP) is 4.10. The van der Waals surface area contributed by atoms with Crippen molar-refractivity contribution in [2.24, 2.45) is 23.7 Å². The van der Waals surface area contributed by atoms with Crippen molar-refractivity contribution in [2.75, 3.05) is 13.2 Å². The van der Waals surface area contributed by atoms with Gasteiger partial charge in [0.2, 0.25) is 5.91 Å². The van der Waals surface area contributed by atoms with Crippen molar-refractivity contribution in [3.63, 3.8) is 0 Å². The number of hydrogen-bond donors (Lipinski definition) is 1. The highest BCUT2D eigenvalue weighted by atomic mass is 16.5. The summed E-state index contributed by atoms with van der Waals surface area (Å²) in [5.41, 5.74) is 1.11. The third kappa shape index (κ3) is 3.36. The average molecular weight is 343 g/mol. The van der Waals surface area contributed by atoms with Gasteiger partial charge in [0.05, 0.1) is 19.3 Å². The largest absolute Gasteiger partial charge is 0.490 e. The molecule has 0 saturated heterocycles. The fraction of sp³-hybridized carbons (Fsp3) is 0.667. The van der Waals surface area contributed by atoms with Crippen LogP contribution in [0.5, 0.6) is 11.5 Å². The van der Waals surface area contributed by atoms with Crippen molar-refractivity contribution in [3.05, 3.63) is 23.8 Å². The quantitative estimate of drug-likeness (QED) is 0.895. The molecule has 2 saturated carbocycles. The number of carbonyl (C=O) groups is 1. The Morgan fingerprint density at radius 1 is 1.04 bits per heavy atom. The number of hydrogen-bond acceptors (Lipinski definition) is 3. The SMILES string of the molecule is CC(C)[C@H](NC(=O)C1[C@H]2CCCC[C@@H]12)c1ccc2c(c1)OCCCO2. The van der Waals surface area contributed by atoms with E-state index in [0.29, 0.717) is 31.0 Å². The third-order valence-electron chi connectivity index (χ3n) is 6.05. The van der Waals surface area contributed by atoms with Gasteiger partial charge in [0.25, 0.3) is 0 Å². The molecule has 0 aromatic heterocycles. The van der Waals surface area contributed by atoms with Gasteiger partial charge in [-0.1, -0.05) is 32.8 Å². The van der Waals surface area contributed by atoms with E-state index in [9.17, 15) is 4.79 Å². The molecule has 1 amide bonds. The highest BCUT2D eigenvalue weighted by molar-refractivity contribution is 5.82. The summed E-state index contributed by atoms with van der Waals surface area (Å²) in [7, 11) is 0. The summed E-state index contributed by atoms with van der Waals surface area (Å²) in [5, 5.41) is 3.34. The van der Waals surface area contributed by atoms with Crippen LogP contribution in [0.2, 0.25) is 0 Å². The molecule has 25 heavy (non-hydrogen) atoms. The Kier molecular flexibility index (Phi) is 4.61. The van der Waals surface area contributed by atoms with Gasteiger partial charge in [-0.3, -0.25) is 4.79 Å². The summed E-state index contributed by atoms with van der Waals surface area (Å²) < 4.78 is 11.5. The fourth-order valence-electron chi connectivity index (χ4n) is 4.64. The van der Waals surface area contributed by atoms with Crippen LogP contribution in [0.4, 0.5) is 0 Å². The Balaban J connectivity index is 1.49. The summed E-state index contributed by atoms with van der Waals surface area (Å²) in [5.74, 6) is 3.73. The van der Waals surface area contributed by atoms with Gasteiger partial charge in [-0.15, -0.1) is 0 Å². The highest BCUT2D eigenvalue weighted by Crippen LogP contribution is 2.55. The van der Waals surface area contributed by atoms with Crippen LogP contribution in [0.15, 0.2) is 18.2 Å². The minimum atomic E-state index is 0.0207. The minimum Gasteiger partial charge on any atom is -0.490 e. The number of amides is 1. The molecule has 1 aromatic rings. The zero-order valence-corrected chi connectivity index (χ0v) is 15.3. The Morgan fingerprint density at radius 2 is 1.72 bits per heavy atom. The number of benzene rings is 1. The lowest BCUT2D eigenvalue weighted by molar-refractivity contribution is -0.124. The van der Waals surface area contributed by atoms with E-state index in [0.717, 1.165) is 23.5 Å². The van der Waals surface area contributed by atoms with E-state index in [-0.39, 0.29) is 17.9 Å². The van der Waals surface area contributed by atoms with Gasteiger partial charge < -0.3 is 14.8 Å². The number of ether oxygens (including phenoxy) is 2. The minimum absolute atomic E-state index is 0.0207. The Hall–Kier alpha value is -1.71. The molecule has 4 nitrogen and oxygen atoms in total. The summed E-state index contributed by atoms with van der Waals surface area (Å²) in [6, 6.07) is 6.12. The second-order valence-corrected chi connectivity index (χ2v) is 8.12. The first-order valence-corrected chi connectivity index (χ1v) is 9.85. The Bertz CT molecular complexity index is 630. The summed E-state index contributed by atoms with van der Waals surface area (Å²) in [4.78, 5) is 12.8. The molecule has 0 bridgehead atoms. The summed E-state index contributed by atoms with van der Waals surface area (Å²) in [6.07, 6.45) is 5.96. The van der Waals surface area contributed by atoms with E-state index in [2.05, 4.69) is 25.2 Å². The van der Waals surface area contributed by atoms with Crippen LogP contribution in [0, 0.1) is 23.7 Å². The zero-order valence-electron chi connectivity index (χ0n) is 15.3. The average Bonchev–Trinajstić information content (AvgIpc) is 3.37. The predicted molar refractivity (Wildman–Crippen MR) is 96.7 cm³/mol. The van der Waals surface area contributed by atoms with Crippen molar-refractivity contribution >= 4 is 5.91 Å². The lowest BCUT2D eigenvalue weighted by Gasteiger charge is -2.24.